The summed E-state index contributed by atoms with van der Waals surface area (Å²) in [6, 6.07) is 4.99. The minimum atomic E-state index is -0.345. The molecule has 0 spiro atoms. The van der Waals surface area contributed by atoms with Crippen molar-refractivity contribution >= 4 is 18.0 Å². The molecule has 0 radical (unpaired) electrons. The van der Waals surface area contributed by atoms with Gasteiger partial charge in [0.15, 0.2) is 0 Å². The van der Waals surface area contributed by atoms with Gasteiger partial charge in [-0.3, -0.25) is 15.0 Å². The molecule has 2 amide bonds. The van der Waals surface area contributed by atoms with Crippen molar-refractivity contribution in [2.45, 2.75) is 13.3 Å². The zero-order valence-corrected chi connectivity index (χ0v) is 8.41. The van der Waals surface area contributed by atoms with Gasteiger partial charge in [-0.25, -0.2) is 5.84 Å². The minimum Gasteiger partial charge on any atom is -0.328 e. The molecule has 0 fully saturated rings. The quantitative estimate of drug-likeness (QED) is 0.289. The Balaban J connectivity index is 3.06. The number of nitrogen functional groups attached to an aromatic ring is 1. The van der Waals surface area contributed by atoms with Crippen LogP contribution in [0.4, 0.5) is 5.69 Å². The Bertz CT molecular complexity index is 377. The number of carbonyl (C=O) groups is 2. The van der Waals surface area contributed by atoms with Gasteiger partial charge in [0.05, 0.1) is 0 Å². The highest BCUT2D eigenvalue weighted by molar-refractivity contribution is 5.94. The summed E-state index contributed by atoms with van der Waals surface area (Å²) >= 11 is 0. The Morgan fingerprint density at radius 2 is 2.27 bits per heavy atom. The Morgan fingerprint density at radius 1 is 1.53 bits per heavy atom. The summed E-state index contributed by atoms with van der Waals surface area (Å²) in [5.41, 5.74) is 4.13. The maximum Gasteiger partial charge on any atom is 0.265 e. The van der Waals surface area contributed by atoms with Gasteiger partial charge in [-0.05, 0) is 30.2 Å². The highest BCUT2D eigenvalue weighted by Gasteiger charge is 2.06. The normalized spacial score (nSPS) is 9.47. The summed E-state index contributed by atoms with van der Waals surface area (Å²) in [4.78, 5) is 21.5. The number of hydrogen-bond acceptors (Lipinski definition) is 3. The molecule has 1 aromatic rings. The molecule has 0 aliphatic carbocycles. The third kappa shape index (κ3) is 2.54. The van der Waals surface area contributed by atoms with Gasteiger partial charge in [0.25, 0.3) is 5.91 Å². The molecule has 5 nitrogen and oxygen atoms in total. The first-order valence-corrected chi connectivity index (χ1v) is 4.57. The van der Waals surface area contributed by atoms with Gasteiger partial charge in [0.2, 0.25) is 6.41 Å². The molecular formula is C10H13N3O2. The van der Waals surface area contributed by atoms with E-state index >= 15 is 0 Å². The maximum atomic E-state index is 11.2. The average Bonchev–Trinajstić information content (AvgIpc) is 2.29. The van der Waals surface area contributed by atoms with E-state index in [0.717, 1.165) is 12.0 Å². The predicted molar refractivity (Wildman–Crippen MR) is 57.2 cm³/mol. The number of nitrogens with two attached hydrogens (primary N) is 1. The van der Waals surface area contributed by atoms with E-state index in [4.69, 9.17) is 5.84 Å². The molecule has 0 unspecified atom stereocenters. The fourth-order valence-electron chi connectivity index (χ4n) is 1.32. The average molecular weight is 207 g/mol. The fourth-order valence-corrected chi connectivity index (χ4v) is 1.32. The molecule has 0 aliphatic rings. The molecule has 80 valence electrons. The van der Waals surface area contributed by atoms with Crippen molar-refractivity contribution in [1.29, 1.82) is 0 Å². The zero-order chi connectivity index (χ0) is 11.3. The van der Waals surface area contributed by atoms with Crippen LogP contribution < -0.4 is 16.6 Å². The van der Waals surface area contributed by atoms with Gasteiger partial charge >= 0.3 is 0 Å². The van der Waals surface area contributed by atoms with Gasteiger partial charge in [-0.2, -0.15) is 0 Å². The maximum absolute atomic E-state index is 11.2. The van der Waals surface area contributed by atoms with E-state index in [1.165, 1.54) is 0 Å². The second-order valence-electron chi connectivity index (χ2n) is 2.96. The monoisotopic (exact) mass is 207 g/mol. The Labute approximate surface area is 87.6 Å². The third-order valence-corrected chi connectivity index (χ3v) is 2.09. The zero-order valence-electron chi connectivity index (χ0n) is 8.41. The molecule has 0 saturated carbocycles. The molecule has 15 heavy (non-hydrogen) atoms. The predicted octanol–water partition coefficient (Wildman–Crippen LogP) is 0.421. The molecule has 0 aromatic heterocycles. The number of hydrazine groups is 1. The van der Waals surface area contributed by atoms with Crippen LogP contribution in [0.3, 0.4) is 0 Å². The molecule has 4 N–H and O–H groups in total. The lowest BCUT2D eigenvalue weighted by atomic mass is 10.1. The number of benzene rings is 1. The Kier molecular flexibility index (Phi) is 3.82. The number of aryl methyl sites for hydroxylation is 1. The molecule has 0 atom stereocenters. The summed E-state index contributed by atoms with van der Waals surface area (Å²) in [5.74, 6) is 4.68. The molecule has 1 rings (SSSR count). The van der Waals surface area contributed by atoms with Crippen LogP contribution in [-0.4, -0.2) is 12.3 Å². The van der Waals surface area contributed by atoms with Crippen LogP contribution in [0.1, 0.15) is 22.8 Å². The molecule has 0 aliphatic heterocycles. The highest BCUT2D eigenvalue weighted by Crippen LogP contribution is 2.17. The SMILES string of the molecule is CCc1cc(C(=O)NN)ccc1NC=O. The first-order chi connectivity index (χ1) is 7.22. The third-order valence-electron chi connectivity index (χ3n) is 2.09. The first kappa shape index (κ1) is 11.2. The van der Waals surface area contributed by atoms with Crippen LogP contribution in [0.15, 0.2) is 18.2 Å². The van der Waals surface area contributed by atoms with Gasteiger partial charge in [0, 0.05) is 11.3 Å². The van der Waals surface area contributed by atoms with E-state index in [0.29, 0.717) is 17.7 Å². The number of nitrogens with one attached hydrogen (secondary N) is 2. The second-order valence-corrected chi connectivity index (χ2v) is 2.96. The van der Waals surface area contributed by atoms with Gasteiger partial charge in [-0.1, -0.05) is 6.92 Å². The van der Waals surface area contributed by atoms with Crippen LogP contribution in [0, 0.1) is 0 Å². The molecule has 0 heterocycles. The van der Waals surface area contributed by atoms with Crippen LogP contribution in [0.25, 0.3) is 0 Å². The number of rotatable bonds is 4. The molecule has 0 bridgehead atoms. The van der Waals surface area contributed by atoms with Crippen molar-refractivity contribution in [2.75, 3.05) is 5.32 Å². The van der Waals surface area contributed by atoms with Crippen LogP contribution in [0.2, 0.25) is 0 Å². The lowest BCUT2D eigenvalue weighted by molar-refractivity contribution is -0.105. The number of carbonyl (C=O) groups excluding carboxylic acids is 2. The van der Waals surface area contributed by atoms with Crippen molar-refractivity contribution in [1.82, 2.24) is 5.43 Å². The first-order valence-electron chi connectivity index (χ1n) is 4.57. The smallest absolute Gasteiger partial charge is 0.265 e. The Morgan fingerprint density at radius 3 is 2.80 bits per heavy atom. The highest BCUT2D eigenvalue weighted by atomic mass is 16.2. The molecule has 1 aromatic carbocycles. The van der Waals surface area contributed by atoms with Crippen molar-refractivity contribution in [3.05, 3.63) is 29.3 Å². The number of hydrogen-bond donors (Lipinski definition) is 3. The number of amides is 2. The largest absolute Gasteiger partial charge is 0.328 e. The summed E-state index contributed by atoms with van der Waals surface area (Å²) in [5, 5.41) is 2.57. The molecular weight excluding hydrogens is 194 g/mol. The van der Waals surface area contributed by atoms with Crippen molar-refractivity contribution in [3.63, 3.8) is 0 Å². The van der Waals surface area contributed by atoms with Crippen LogP contribution >= 0.6 is 0 Å². The summed E-state index contributed by atoms with van der Waals surface area (Å²) in [6.07, 6.45) is 1.33. The summed E-state index contributed by atoms with van der Waals surface area (Å²) < 4.78 is 0. The van der Waals surface area contributed by atoms with Crippen molar-refractivity contribution in [3.8, 4) is 0 Å². The van der Waals surface area contributed by atoms with E-state index in [1.807, 2.05) is 6.92 Å². The molecule has 5 heteroatoms. The topological polar surface area (TPSA) is 84.2 Å². The van der Waals surface area contributed by atoms with Gasteiger partial charge in [-0.15, -0.1) is 0 Å². The number of anilines is 1. The van der Waals surface area contributed by atoms with E-state index in [9.17, 15) is 9.59 Å². The van der Waals surface area contributed by atoms with Crippen molar-refractivity contribution < 1.29 is 9.59 Å². The van der Waals surface area contributed by atoms with E-state index < -0.39 is 0 Å². The van der Waals surface area contributed by atoms with Crippen LogP contribution in [-0.2, 0) is 11.2 Å². The van der Waals surface area contributed by atoms with E-state index in [2.05, 4.69) is 10.7 Å². The summed E-state index contributed by atoms with van der Waals surface area (Å²) in [7, 11) is 0. The minimum absolute atomic E-state index is 0.345. The second kappa shape index (κ2) is 5.11. The van der Waals surface area contributed by atoms with Crippen molar-refractivity contribution in [2.24, 2.45) is 5.84 Å². The van der Waals surface area contributed by atoms with Crippen LogP contribution in [0.5, 0.6) is 0 Å². The van der Waals surface area contributed by atoms with E-state index in [-0.39, 0.29) is 5.91 Å². The Hall–Kier alpha value is -1.88. The standard InChI is InChI=1S/C10H13N3O2/c1-2-7-5-8(10(15)13-11)3-4-9(7)12-6-14/h3-6H,2,11H2,1H3,(H,12,14)(H,13,15). The van der Waals surface area contributed by atoms with Gasteiger partial charge in [0.1, 0.15) is 0 Å². The molecule has 0 saturated heterocycles. The lowest BCUT2D eigenvalue weighted by Crippen LogP contribution is -2.30. The van der Waals surface area contributed by atoms with E-state index in [1.54, 1.807) is 18.2 Å². The van der Waals surface area contributed by atoms with Gasteiger partial charge < -0.3 is 5.32 Å². The summed E-state index contributed by atoms with van der Waals surface area (Å²) in [6.45, 7) is 1.94. The lowest BCUT2D eigenvalue weighted by Gasteiger charge is -2.08. The fraction of sp³-hybridized carbons (Fsp3) is 0.200.